The van der Waals surface area contributed by atoms with Crippen LogP contribution in [0.3, 0.4) is 0 Å². The molecule has 1 aliphatic heterocycles. The van der Waals surface area contributed by atoms with Gasteiger partial charge in [0.1, 0.15) is 0 Å². The molecule has 6 nitrogen and oxygen atoms in total. The SMILES string of the molecule is CNCC1CCCCN1C(=O)c1cc(Cl)cc([N+](=O)[O-])c1. The minimum absolute atomic E-state index is 0.120. The highest BCUT2D eigenvalue weighted by molar-refractivity contribution is 6.31. The van der Waals surface area contributed by atoms with E-state index in [9.17, 15) is 14.9 Å². The summed E-state index contributed by atoms with van der Waals surface area (Å²) in [5.41, 5.74) is 0.116. The quantitative estimate of drug-likeness (QED) is 0.684. The molecule has 1 atom stereocenters. The second-order valence-corrected chi connectivity index (χ2v) is 5.60. The fraction of sp³-hybridized carbons (Fsp3) is 0.500. The first kappa shape index (κ1) is 15.7. The molecule has 114 valence electrons. The van der Waals surface area contributed by atoms with E-state index < -0.39 is 4.92 Å². The molecule has 1 fully saturated rings. The molecule has 0 aliphatic carbocycles. The van der Waals surface area contributed by atoms with Crippen molar-refractivity contribution in [3.05, 3.63) is 38.9 Å². The first-order valence-corrected chi connectivity index (χ1v) is 7.31. The first-order valence-electron chi connectivity index (χ1n) is 6.93. The second-order valence-electron chi connectivity index (χ2n) is 5.16. The van der Waals surface area contributed by atoms with Crippen molar-refractivity contribution in [1.82, 2.24) is 10.2 Å². The summed E-state index contributed by atoms with van der Waals surface area (Å²) in [5, 5.41) is 14.2. The Kier molecular flexibility index (Phi) is 5.14. The average molecular weight is 312 g/mol. The summed E-state index contributed by atoms with van der Waals surface area (Å²) in [6, 6.07) is 4.15. The normalized spacial score (nSPS) is 18.6. The van der Waals surface area contributed by atoms with Gasteiger partial charge in [-0.15, -0.1) is 0 Å². The summed E-state index contributed by atoms with van der Waals surface area (Å²) in [6.07, 6.45) is 2.98. The molecule has 1 aromatic rings. The molecule has 1 aromatic carbocycles. The molecule has 21 heavy (non-hydrogen) atoms. The maximum Gasteiger partial charge on any atom is 0.271 e. The Morgan fingerprint density at radius 1 is 1.48 bits per heavy atom. The van der Waals surface area contributed by atoms with Crippen molar-refractivity contribution >= 4 is 23.2 Å². The molecular formula is C14H18ClN3O3. The van der Waals surface area contributed by atoms with Gasteiger partial charge < -0.3 is 10.2 Å². The Balaban J connectivity index is 2.27. The maximum absolute atomic E-state index is 12.6. The number of likely N-dealkylation sites (N-methyl/N-ethyl adjacent to an activating group) is 1. The lowest BCUT2D eigenvalue weighted by Crippen LogP contribution is -2.48. The smallest absolute Gasteiger partial charge is 0.271 e. The molecular weight excluding hydrogens is 294 g/mol. The van der Waals surface area contributed by atoms with Crippen LogP contribution in [0.15, 0.2) is 18.2 Å². The Bertz CT molecular complexity index is 548. The number of non-ortho nitro benzene ring substituents is 1. The number of nitrogens with one attached hydrogen (secondary N) is 1. The van der Waals surface area contributed by atoms with E-state index in [0.717, 1.165) is 19.3 Å². The number of hydrogen-bond acceptors (Lipinski definition) is 4. The van der Waals surface area contributed by atoms with Crippen LogP contribution >= 0.6 is 11.6 Å². The zero-order valence-corrected chi connectivity index (χ0v) is 12.6. The Labute approximate surface area is 128 Å². The van der Waals surface area contributed by atoms with Crippen molar-refractivity contribution < 1.29 is 9.72 Å². The van der Waals surface area contributed by atoms with E-state index in [1.165, 1.54) is 18.2 Å². The van der Waals surface area contributed by atoms with E-state index in [1.54, 1.807) is 4.90 Å². The molecule has 1 heterocycles. The number of halogens is 1. The van der Waals surface area contributed by atoms with Crippen LogP contribution in [-0.4, -0.2) is 41.9 Å². The van der Waals surface area contributed by atoms with Gasteiger partial charge in [-0.2, -0.15) is 0 Å². The minimum atomic E-state index is -0.538. The third-order valence-corrected chi connectivity index (χ3v) is 3.89. The largest absolute Gasteiger partial charge is 0.334 e. The number of carbonyl (C=O) groups is 1. The summed E-state index contributed by atoms with van der Waals surface area (Å²) in [6.45, 7) is 1.39. The van der Waals surface area contributed by atoms with E-state index in [1.807, 2.05) is 7.05 Å². The van der Waals surface area contributed by atoms with Gasteiger partial charge in [0, 0.05) is 41.9 Å². The average Bonchev–Trinajstić information content (AvgIpc) is 2.47. The number of nitrogens with zero attached hydrogens (tertiary/aromatic N) is 2. The lowest BCUT2D eigenvalue weighted by atomic mass is 10.0. The number of nitro benzene ring substituents is 1. The van der Waals surface area contributed by atoms with Crippen molar-refractivity contribution in [3.63, 3.8) is 0 Å². The van der Waals surface area contributed by atoms with Crippen molar-refractivity contribution in [2.75, 3.05) is 20.1 Å². The van der Waals surface area contributed by atoms with Gasteiger partial charge in [-0.25, -0.2) is 0 Å². The Hall–Kier alpha value is -1.66. The van der Waals surface area contributed by atoms with Crippen molar-refractivity contribution in [3.8, 4) is 0 Å². The third-order valence-electron chi connectivity index (χ3n) is 3.67. The molecule has 1 saturated heterocycles. The van der Waals surface area contributed by atoms with Crippen LogP contribution in [0.1, 0.15) is 29.6 Å². The molecule has 2 rings (SSSR count). The standard InChI is InChI=1S/C14H18ClN3O3/c1-16-9-12-4-2-3-5-17(12)14(19)10-6-11(15)8-13(7-10)18(20)21/h6-8,12,16H,2-5,9H2,1H3. The van der Waals surface area contributed by atoms with Gasteiger partial charge in [0.25, 0.3) is 11.6 Å². The van der Waals surface area contributed by atoms with E-state index in [2.05, 4.69) is 5.32 Å². The predicted molar refractivity (Wildman–Crippen MR) is 80.7 cm³/mol. The number of rotatable bonds is 4. The van der Waals surface area contributed by atoms with Crippen LogP contribution in [0.2, 0.25) is 5.02 Å². The maximum atomic E-state index is 12.6. The summed E-state index contributed by atoms with van der Waals surface area (Å²) in [7, 11) is 1.85. The van der Waals surface area contributed by atoms with Gasteiger partial charge in [0.15, 0.2) is 0 Å². The fourth-order valence-corrected chi connectivity index (χ4v) is 2.91. The van der Waals surface area contributed by atoms with Crippen LogP contribution < -0.4 is 5.32 Å². The van der Waals surface area contributed by atoms with Gasteiger partial charge >= 0.3 is 0 Å². The van der Waals surface area contributed by atoms with Gasteiger partial charge in [-0.05, 0) is 32.4 Å². The summed E-state index contributed by atoms with van der Waals surface area (Å²) < 4.78 is 0. The second kappa shape index (κ2) is 6.87. The van der Waals surface area contributed by atoms with Crippen LogP contribution in [0.4, 0.5) is 5.69 Å². The molecule has 0 spiro atoms. The highest BCUT2D eigenvalue weighted by Gasteiger charge is 2.28. The molecule has 7 heteroatoms. The van der Waals surface area contributed by atoms with Crippen molar-refractivity contribution in [1.29, 1.82) is 0 Å². The highest BCUT2D eigenvalue weighted by atomic mass is 35.5. The Morgan fingerprint density at radius 2 is 2.24 bits per heavy atom. The van der Waals surface area contributed by atoms with Crippen LogP contribution in [-0.2, 0) is 0 Å². The fourth-order valence-electron chi connectivity index (χ4n) is 2.68. The highest BCUT2D eigenvalue weighted by Crippen LogP contribution is 2.24. The molecule has 0 bridgehead atoms. The molecule has 0 saturated carbocycles. The van der Waals surface area contributed by atoms with E-state index in [-0.39, 0.29) is 28.2 Å². The molecule has 0 aromatic heterocycles. The Morgan fingerprint density at radius 3 is 2.90 bits per heavy atom. The van der Waals surface area contributed by atoms with Crippen LogP contribution in [0.5, 0.6) is 0 Å². The minimum Gasteiger partial charge on any atom is -0.334 e. The molecule has 1 aliphatic rings. The van der Waals surface area contributed by atoms with E-state index in [4.69, 9.17) is 11.6 Å². The predicted octanol–water partition coefficient (Wildman–Crippen LogP) is 2.46. The van der Waals surface area contributed by atoms with Crippen molar-refractivity contribution in [2.45, 2.75) is 25.3 Å². The number of nitro groups is 1. The van der Waals surface area contributed by atoms with Crippen LogP contribution in [0.25, 0.3) is 0 Å². The van der Waals surface area contributed by atoms with Gasteiger partial charge in [0.2, 0.25) is 0 Å². The zero-order valence-electron chi connectivity index (χ0n) is 11.8. The molecule has 1 N–H and O–H groups in total. The molecule has 1 amide bonds. The number of likely N-dealkylation sites (tertiary alicyclic amines) is 1. The molecule has 1 unspecified atom stereocenters. The molecule has 0 radical (unpaired) electrons. The van der Waals surface area contributed by atoms with Gasteiger partial charge in [0.05, 0.1) is 4.92 Å². The lowest BCUT2D eigenvalue weighted by Gasteiger charge is -2.35. The summed E-state index contributed by atoms with van der Waals surface area (Å²) in [4.78, 5) is 24.8. The zero-order chi connectivity index (χ0) is 15.4. The number of hydrogen-bond donors (Lipinski definition) is 1. The van der Waals surface area contributed by atoms with Crippen LogP contribution in [0, 0.1) is 10.1 Å². The van der Waals surface area contributed by atoms with E-state index >= 15 is 0 Å². The number of piperidine rings is 1. The monoisotopic (exact) mass is 311 g/mol. The lowest BCUT2D eigenvalue weighted by molar-refractivity contribution is -0.384. The summed E-state index contributed by atoms with van der Waals surface area (Å²) >= 11 is 5.89. The summed E-state index contributed by atoms with van der Waals surface area (Å²) in [5.74, 6) is -0.194. The number of benzene rings is 1. The first-order chi connectivity index (χ1) is 10.0. The number of carbonyl (C=O) groups excluding carboxylic acids is 1. The van der Waals surface area contributed by atoms with E-state index in [0.29, 0.717) is 13.1 Å². The van der Waals surface area contributed by atoms with Gasteiger partial charge in [-0.1, -0.05) is 11.6 Å². The van der Waals surface area contributed by atoms with Crippen molar-refractivity contribution in [2.24, 2.45) is 0 Å². The topological polar surface area (TPSA) is 75.5 Å². The number of amides is 1. The third kappa shape index (κ3) is 3.71. The van der Waals surface area contributed by atoms with Gasteiger partial charge in [-0.3, -0.25) is 14.9 Å².